The monoisotopic (exact) mass is 280 g/mol. The van der Waals surface area contributed by atoms with Crippen LogP contribution >= 0.6 is 0 Å². The zero-order valence-corrected chi connectivity index (χ0v) is 11.0. The highest BCUT2D eigenvalue weighted by Gasteiger charge is 2.12. The van der Waals surface area contributed by atoms with Crippen molar-refractivity contribution in [2.75, 3.05) is 0 Å². The van der Waals surface area contributed by atoms with E-state index in [1.54, 1.807) is 6.20 Å². The van der Waals surface area contributed by atoms with Crippen LogP contribution in [0.3, 0.4) is 0 Å². The molecule has 0 N–H and O–H groups in total. The molecule has 0 aliphatic carbocycles. The van der Waals surface area contributed by atoms with E-state index in [0.717, 1.165) is 18.6 Å². The fourth-order valence-corrected chi connectivity index (χ4v) is 1.90. The summed E-state index contributed by atoms with van der Waals surface area (Å²) in [6.45, 7) is 2.32. The average Bonchev–Trinajstić information content (AvgIpc) is 2.75. The number of rotatable bonds is 5. The van der Waals surface area contributed by atoms with Gasteiger partial charge in [0, 0.05) is 24.5 Å². The summed E-state index contributed by atoms with van der Waals surface area (Å²) in [5.74, 6) is -2.53. The molecule has 2 rings (SSSR count). The summed E-state index contributed by atoms with van der Waals surface area (Å²) in [6.07, 6.45) is 3.92. The molecular formula is C14H14F2N2O2. The Hall–Kier alpha value is -2.24. The number of ketones is 1. The number of Topliss-reactive ketones (excluding diaryl/α,β-unsaturated/α-hetero) is 1. The van der Waals surface area contributed by atoms with Crippen molar-refractivity contribution in [3.8, 4) is 0 Å². The standard InChI is InChI=1S/C14H14F2N2O2/c1-2-5-17-6-7-18(14(17)20)9-13(19)10-3-4-11(15)12(16)8-10/h3-4,6-8H,2,5,9H2,1H3. The largest absolute Gasteiger partial charge is 0.328 e. The highest BCUT2D eigenvalue weighted by atomic mass is 19.2. The SMILES string of the molecule is CCCn1ccn(CC(=O)c2ccc(F)c(F)c2)c1=O. The lowest BCUT2D eigenvalue weighted by atomic mass is 10.1. The second kappa shape index (κ2) is 5.81. The van der Waals surface area contributed by atoms with Gasteiger partial charge in [-0.2, -0.15) is 0 Å². The van der Waals surface area contributed by atoms with Gasteiger partial charge in [0.05, 0.1) is 6.54 Å². The van der Waals surface area contributed by atoms with Crippen LogP contribution < -0.4 is 5.69 Å². The number of carbonyl (C=O) groups excluding carboxylic acids is 1. The number of halogens is 2. The maximum Gasteiger partial charge on any atom is 0.328 e. The first kappa shape index (κ1) is 14.2. The zero-order chi connectivity index (χ0) is 14.7. The molecule has 0 aliphatic rings. The van der Waals surface area contributed by atoms with E-state index in [9.17, 15) is 18.4 Å². The Bertz CT molecular complexity index is 689. The first-order valence-electron chi connectivity index (χ1n) is 6.26. The van der Waals surface area contributed by atoms with E-state index in [-0.39, 0.29) is 17.8 Å². The van der Waals surface area contributed by atoms with Crippen LogP contribution in [0.1, 0.15) is 23.7 Å². The van der Waals surface area contributed by atoms with Crippen LogP contribution in [-0.2, 0) is 13.1 Å². The van der Waals surface area contributed by atoms with Gasteiger partial charge in [-0.3, -0.25) is 13.9 Å². The number of aromatic nitrogens is 2. The molecule has 6 heteroatoms. The molecule has 1 aromatic heterocycles. The number of carbonyl (C=O) groups is 1. The van der Waals surface area contributed by atoms with Crippen molar-refractivity contribution in [2.24, 2.45) is 0 Å². The zero-order valence-electron chi connectivity index (χ0n) is 11.0. The predicted octanol–water partition coefficient (Wildman–Crippen LogP) is 2.22. The van der Waals surface area contributed by atoms with Gasteiger partial charge in [-0.25, -0.2) is 13.6 Å². The number of benzene rings is 1. The highest BCUT2D eigenvalue weighted by molar-refractivity contribution is 5.95. The molecular weight excluding hydrogens is 266 g/mol. The van der Waals surface area contributed by atoms with Gasteiger partial charge in [-0.15, -0.1) is 0 Å². The summed E-state index contributed by atoms with van der Waals surface area (Å²) in [5, 5.41) is 0. The maximum atomic E-state index is 13.1. The molecule has 1 aromatic carbocycles. The Morgan fingerprint density at radius 1 is 1.15 bits per heavy atom. The van der Waals surface area contributed by atoms with Gasteiger partial charge in [0.2, 0.25) is 0 Å². The summed E-state index contributed by atoms with van der Waals surface area (Å²) in [4.78, 5) is 23.8. The molecule has 0 spiro atoms. The molecule has 106 valence electrons. The predicted molar refractivity (Wildman–Crippen MR) is 69.7 cm³/mol. The van der Waals surface area contributed by atoms with Crippen molar-refractivity contribution < 1.29 is 13.6 Å². The molecule has 1 heterocycles. The van der Waals surface area contributed by atoms with E-state index < -0.39 is 17.4 Å². The summed E-state index contributed by atoms with van der Waals surface area (Å²) in [7, 11) is 0. The van der Waals surface area contributed by atoms with Crippen molar-refractivity contribution in [1.82, 2.24) is 9.13 Å². The number of hydrogen-bond donors (Lipinski definition) is 0. The van der Waals surface area contributed by atoms with Crippen LogP contribution in [-0.4, -0.2) is 14.9 Å². The van der Waals surface area contributed by atoms with Crippen LogP contribution in [0.25, 0.3) is 0 Å². The molecule has 0 unspecified atom stereocenters. The van der Waals surface area contributed by atoms with Crippen molar-refractivity contribution in [3.05, 3.63) is 58.3 Å². The van der Waals surface area contributed by atoms with Crippen LogP contribution in [0.15, 0.2) is 35.4 Å². The molecule has 0 aliphatic heterocycles. The van der Waals surface area contributed by atoms with E-state index in [4.69, 9.17) is 0 Å². The highest BCUT2D eigenvalue weighted by Crippen LogP contribution is 2.09. The summed E-state index contributed by atoms with van der Waals surface area (Å²) in [5.41, 5.74) is -0.248. The minimum Gasteiger partial charge on any atom is -0.299 e. The average molecular weight is 280 g/mol. The van der Waals surface area contributed by atoms with Crippen molar-refractivity contribution >= 4 is 5.78 Å². The van der Waals surface area contributed by atoms with Crippen LogP contribution in [0.2, 0.25) is 0 Å². The first-order chi connectivity index (χ1) is 9.52. The van der Waals surface area contributed by atoms with Gasteiger partial charge >= 0.3 is 5.69 Å². The Morgan fingerprint density at radius 2 is 1.85 bits per heavy atom. The van der Waals surface area contributed by atoms with E-state index >= 15 is 0 Å². The molecule has 4 nitrogen and oxygen atoms in total. The fraction of sp³-hybridized carbons (Fsp3) is 0.286. The van der Waals surface area contributed by atoms with Crippen LogP contribution in [0, 0.1) is 11.6 Å². The first-order valence-corrected chi connectivity index (χ1v) is 6.26. The number of hydrogen-bond acceptors (Lipinski definition) is 2. The molecule has 0 bridgehead atoms. The van der Waals surface area contributed by atoms with Gasteiger partial charge in [0.25, 0.3) is 0 Å². The summed E-state index contributed by atoms with van der Waals surface area (Å²) in [6, 6.07) is 2.94. The molecule has 0 atom stereocenters. The Morgan fingerprint density at radius 3 is 2.50 bits per heavy atom. The van der Waals surface area contributed by atoms with Gasteiger partial charge in [-0.05, 0) is 24.6 Å². The van der Waals surface area contributed by atoms with Crippen LogP contribution in [0.5, 0.6) is 0 Å². The lowest BCUT2D eigenvalue weighted by Gasteiger charge is -2.03. The molecule has 20 heavy (non-hydrogen) atoms. The number of imidazole rings is 1. The van der Waals surface area contributed by atoms with Gasteiger partial charge in [0.1, 0.15) is 0 Å². The van der Waals surface area contributed by atoms with Gasteiger partial charge < -0.3 is 0 Å². The second-order valence-corrected chi connectivity index (χ2v) is 4.45. The normalized spacial score (nSPS) is 10.8. The van der Waals surface area contributed by atoms with E-state index in [1.807, 2.05) is 6.92 Å². The van der Waals surface area contributed by atoms with E-state index in [2.05, 4.69) is 0 Å². The lowest BCUT2D eigenvalue weighted by Crippen LogP contribution is -2.26. The molecule has 0 radical (unpaired) electrons. The quantitative estimate of drug-likeness (QED) is 0.788. The minimum atomic E-state index is -1.08. The molecule has 0 amide bonds. The fourth-order valence-electron chi connectivity index (χ4n) is 1.90. The smallest absolute Gasteiger partial charge is 0.299 e. The lowest BCUT2D eigenvalue weighted by molar-refractivity contribution is 0.0970. The van der Waals surface area contributed by atoms with Crippen molar-refractivity contribution in [1.29, 1.82) is 0 Å². The third kappa shape index (κ3) is 2.84. The molecule has 0 fully saturated rings. The van der Waals surface area contributed by atoms with E-state index in [1.165, 1.54) is 21.4 Å². The van der Waals surface area contributed by atoms with Gasteiger partial charge in [-0.1, -0.05) is 6.92 Å². The maximum absolute atomic E-state index is 13.1. The van der Waals surface area contributed by atoms with E-state index in [0.29, 0.717) is 6.54 Å². The summed E-state index contributed by atoms with van der Waals surface area (Å²) >= 11 is 0. The van der Waals surface area contributed by atoms with Crippen LogP contribution in [0.4, 0.5) is 8.78 Å². The minimum absolute atomic E-state index is 0.0408. The summed E-state index contributed by atoms with van der Waals surface area (Å²) < 4.78 is 28.6. The Kier molecular flexibility index (Phi) is 4.12. The van der Waals surface area contributed by atoms with Gasteiger partial charge in [0.15, 0.2) is 17.4 Å². The molecule has 0 saturated carbocycles. The molecule has 0 saturated heterocycles. The molecule has 2 aromatic rings. The topological polar surface area (TPSA) is 44.0 Å². The van der Waals surface area contributed by atoms with Crippen molar-refractivity contribution in [2.45, 2.75) is 26.4 Å². The third-order valence-corrected chi connectivity index (χ3v) is 2.94. The number of nitrogens with zero attached hydrogens (tertiary/aromatic N) is 2. The number of aryl methyl sites for hydroxylation is 1. The Labute approximate surface area is 114 Å². The second-order valence-electron chi connectivity index (χ2n) is 4.45. The third-order valence-electron chi connectivity index (χ3n) is 2.94. The Balaban J connectivity index is 2.19. The van der Waals surface area contributed by atoms with Crippen molar-refractivity contribution in [3.63, 3.8) is 0 Å².